The van der Waals surface area contributed by atoms with Crippen LogP contribution in [0.3, 0.4) is 0 Å². The number of carbonyl (C=O) groups is 1. The van der Waals surface area contributed by atoms with Gasteiger partial charge in [0, 0.05) is 5.02 Å². The van der Waals surface area contributed by atoms with Gasteiger partial charge in [-0.2, -0.15) is 0 Å². The first kappa shape index (κ1) is 16.9. The van der Waals surface area contributed by atoms with Crippen LogP contribution < -0.4 is 5.32 Å². The third-order valence-corrected chi connectivity index (χ3v) is 4.47. The summed E-state index contributed by atoms with van der Waals surface area (Å²) in [7, 11) is 0. The number of aromatic nitrogens is 2. The van der Waals surface area contributed by atoms with Crippen molar-refractivity contribution in [2.75, 3.05) is 5.32 Å². The number of furan rings is 1. The highest BCUT2D eigenvalue weighted by Crippen LogP contribution is 2.29. The van der Waals surface area contributed by atoms with E-state index in [4.69, 9.17) is 32.0 Å². The standard InChI is InChI=1S/C15H11Cl2N3O3S/c1-8(13(21)18-11-7-9(16)4-5-10(11)17)24-15-20-19-14(23-15)12-3-2-6-22-12/h2-8H,1H3,(H,18,21)/t8-/m1/s1. The molecule has 0 aliphatic rings. The second-order valence-corrected chi connectivity index (χ2v) is 6.86. The first-order valence-electron chi connectivity index (χ1n) is 6.83. The Morgan fingerprint density at radius 2 is 2.12 bits per heavy atom. The van der Waals surface area contributed by atoms with Crippen LogP contribution in [-0.4, -0.2) is 21.4 Å². The summed E-state index contributed by atoms with van der Waals surface area (Å²) in [5.41, 5.74) is 0.448. The van der Waals surface area contributed by atoms with Gasteiger partial charge in [0.15, 0.2) is 5.76 Å². The van der Waals surface area contributed by atoms with Crippen molar-refractivity contribution in [1.82, 2.24) is 10.2 Å². The molecule has 0 unspecified atom stereocenters. The third kappa shape index (κ3) is 3.92. The molecule has 0 fully saturated rings. The molecule has 0 saturated carbocycles. The summed E-state index contributed by atoms with van der Waals surface area (Å²) in [4.78, 5) is 12.3. The summed E-state index contributed by atoms with van der Waals surface area (Å²) in [5.74, 6) is 0.465. The summed E-state index contributed by atoms with van der Waals surface area (Å²) in [6.07, 6.45) is 1.51. The van der Waals surface area contributed by atoms with Crippen LogP contribution in [0.2, 0.25) is 10.0 Å². The first-order chi connectivity index (χ1) is 11.5. The van der Waals surface area contributed by atoms with Crippen molar-refractivity contribution < 1.29 is 13.6 Å². The number of anilines is 1. The van der Waals surface area contributed by atoms with E-state index in [-0.39, 0.29) is 17.0 Å². The molecule has 0 aliphatic heterocycles. The lowest BCUT2D eigenvalue weighted by Gasteiger charge is -2.11. The van der Waals surface area contributed by atoms with E-state index in [0.717, 1.165) is 11.8 Å². The van der Waals surface area contributed by atoms with Crippen molar-refractivity contribution >= 4 is 46.6 Å². The summed E-state index contributed by atoms with van der Waals surface area (Å²) >= 11 is 13.1. The number of hydrogen-bond acceptors (Lipinski definition) is 6. The second kappa shape index (κ2) is 7.29. The van der Waals surface area contributed by atoms with E-state index in [2.05, 4.69) is 15.5 Å². The molecular formula is C15H11Cl2N3O3S. The summed E-state index contributed by atoms with van der Waals surface area (Å²) in [6.45, 7) is 1.72. The third-order valence-electron chi connectivity index (χ3n) is 2.97. The van der Waals surface area contributed by atoms with Crippen LogP contribution in [0.1, 0.15) is 6.92 Å². The van der Waals surface area contributed by atoms with Gasteiger partial charge in [0.25, 0.3) is 11.1 Å². The lowest BCUT2D eigenvalue weighted by molar-refractivity contribution is -0.115. The van der Waals surface area contributed by atoms with Crippen LogP contribution in [-0.2, 0) is 4.79 Å². The molecule has 0 bridgehead atoms. The summed E-state index contributed by atoms with van der Waals surface area (Å²) in [6, 6.07) is 8.27. The van der Waals surface area contributed by atoms with Crippen LogP contribution in [0.5, 0.6) is 0 Å². The molecule has 2 heterocycles. The van der Waals surface area contributed by atoms with E-state index < -0.39 is 5.25 Å². The molecule has 2 aromatic heterocycles. The van der Waals surface area contributed by atoms with E-state index in [1.807, 2.05) is 0 Å². The Morgan fingerprint density at radius 1 is 1.29 bits per heavy atom. The van der Waals surface area contributed by atoms with E-state index in [1.54, 1.807) is 37.3 Å². The quantitative estimate of drug-likeness (QED) is 0.639. The lowest BCUT2D eigenvalue weighted by Crippen LogP contribution is -2.22. The van der Waals surface area contributed by atoms with Gasteiger partial charge in [0.1, 0.15) is 0 Å². The predicted molar refractivity (Wildman–Crippen MR) is 92.4 cm³/mol. The smallest absolute Gasteiger partial charge is 0.284 e. The Hall–Kier alpha value is -1.96. The first-order valence-corrected chi connectivity index (χ1v) is 8.46. The molecule has 24 heavy (non-hydrogen) atoms. The normalized spacial score (nSPS) is 12.1. The van der Waals surface area contributed by atoms with Gasteiger partial charge in [-0.05, 0) is 37.3 Å². The largest absolute Gasteiger partial charge is 0.459 e. The maximum absolute atomic E-state index is 12.3. The van der Waals surface area contributed by atoms with Crippen molar-refractivity contribution in [3.05, 3.63) is 46.6 Å². The zero-order chi connectivity index (χ0) is 17.1. The minimum atomic E-state index is -0.482. The van der Waals surface area contributed by atoms with Crippen molar-refractivity contribution in [3.63, 3.8) is 0 Å². The zero-order valence-corrected chi connectivity index (χ0v) is 14.7. The molecular weight excluding hydrogens is 373 g/mol. The van der Waals surface area contributed by atoms with Crippen LogP contribution in [0, 0.1) is 0 Å². The Bertz CT molecular complexity index is 852. The number of benzene rings is 1. The van der Waals surface area contributed by atoms with Gasteiger partial charge < -0.3 is 14.2 Å². The summed E-state index contributed by atoms with van der Waals surface area (Å²) < 4.78 is 10.6. The SMILES string of the molecule is C[C@@H](Sc1nnc(-c2ccco2)o1)C(=O)Nc1cc(Cl)ccc1Cl. The molecule has 1 amide bonds. The topological polar surface area (TPSA) is 81.2 Å². The second-order valence-electron chi connectivity index (χ2n) is 4.72. The molecule has 3 rings (SSSR count). The van der Waals surface area contributed by atoms with E-state index >= 15 is 0 Å². The Labute approximate surface area is 151 Å². The molecule has 6 nitrogen and oxygen atoms in total. The fourth-order valence-electron chi connectivity index (χ4n) is 1.79. The monoisotopic (exact) mass is 383 g/mol. The van der Waals surface area contributed by atoms with Crippen LogP contribution >= 0.6 is 35.0 Å². The summed E-state index contributed by atoms with van der Waals surface area (Å²) in [5, 5.41) is 11.2. The molecule has 0 aliphatic carbocycles. The maximum atomic E-state index is 12.3. The Morgan fingerprint density at radius 3 is 2.88 bits per heavy atom. The zero-order valence-electron chi connectivity index (χ0n) is 12.3. The number of thioether (sulfide) groups is 1. The minimum absolute atomic E-state index is 0.257. The van der Waals surface area contributed by atoms with Gasteiger partial charge in [-0.1, -0.05) is 35.0 Å². The van der Waals surface area contributed by atoms with Gasteiger partial charge in [0.05, 0.1) is 22.2 Å². The molecule has 1 atom stereocenters. The van der Waals surface area contributed by atoms with Crippen molar-refractivity contribution in [2.45, 2.75) is 17.4 Å². The number of nitrogens with one attached hydrogen (secondary N) is 1. The number of amides is 1. The van der Waals surface area contributed by atoms with E-state index in [9.17, 15) is 4.79 Å². The molecule has 1 N–H and O–H groups in total. The number of halogens is 2. The van der Waals surface area contributed by atoms with Crippen molar-refractivity contribution in [3.8, 4) is 11.7 Å². The highest BCUT2D eigenvalue weighted by atomic mass is 35.5. The van der Waals surface area contributed by atoms with Gasteiger partial charge in [0.2, 0.25) is 5.91 Å². The van der Waals surface area contributed by atoms with Crippen LogP contribution in [0.25, 0.3) is 11.7 Å². The van der Waals surface area contributed by atoms with Gasteiger partial charge >= 0.3 is 0 Å². The highest BCUT2D eigenvalue weighted by Gasteiger charge is 2.20. The van der Waals surface area contributed by atoms with Crippen molar-refractivity contribution in [2.24, 2.45) is 0 Å². The van der Waals surface area contributed by atoms with E-state index in [0.29, 0.717) is 21.5 Å². The maximum Gasteiger partial charge on any atom is 0.284 e. The molecule has 9 heteroatoms. The number of rotatable bonds is 5. The van der Waals surface area contributed by atoms with Crippen LogP contribution in [0.4, 0.5) is 5.69 Å². The fourth-order valence-corrected chi connectivity index (χ4v) is 2.81. The molecule has 0 spiro atoms. The lowest BCUT2D eigenvalue weighted by atomic mass is 10.3. The number of hydrogen-bond donors (Lipinski definition) is 1. The van der Waals surface area contributed by atoms with E-state index in [1.165, 1.54) is 6.26 Å². The number of carbonyl (C=O) groups excluding carboxylic acids is 1. The average Bonchev–Trinajstić information content (AvgIpc) is 3.21. The molecule has 1 aromatic carbocycles. The van der Waals surface area contributed by atoms with Gasteiger partial charge in [-0.15, -0.1) is 10.2 Å². The minimum Gasteiger partial charge on any atom is -0.459 e. The molecule has 0 saturated heterocycles. The molecule has 0 radical (unpaired) electrons. The van der Waals surface area contributed by atoms with Gasteiger partial charge in [-0.3, -0.25) is 4.79 Å². The fraction of sp³-hybridized carbons (Fsp3) is 0.133. The van der Waals surface area contributed by atoms with Crippen LogP contribution in [0.15, 0.2) is 50.7 Å². The Kier molecular flexibility index (Phi) is 5.13. The predicted octanol–water partition coefficient (Wildman–Crippen LogP) is 4.76. The molecule has 3 aromatic rings. The number of nitrogens with zero attached hydrogens (tertiary/aromatic N) is 2. The average molecular weight is 384 g/mol. The Balaban J connectivity index is 1.65. The molecule has 124 valence electrons. The van der Waals surface area contributed by atoms with Crippen molar-refractivity contribution in [1.29, 1.82) is 0 Å². The highest BCUT2D eigenvalue weighted by molar-refractivity contribution is 8.00. The van der Waals surface area contributed by atoms with Gasteiger partial charge in [-0.25, -0.2) is 0 Å².